The molecular formula is C24H24N4O5S. The molecule has 9 nitrogen and oxygen atoms in total. The fraction of sp³-hybridized carbons (Fsp3) is 0.333. The van der Waals surface area contributed by atoms with Gasteiger partial charge in [0, 0.05) is 24.7 Å². The molecular weight excluding hydrogens is 456 g/mol. The second kappa shape index (κ2) is 9.97. The average molecular weight is 481 g/mol. The molecule has 0 saturated carbocycles. The van der Waals surface area contributed by atoms with E-state index in [0.717, 1.165) is 37.1 Å². The van der Waals surface area contributed by atoms with E-state index in [1.165, 1.54) is 17.4 Å². The maximum Gasteiger partial charge on any atom is 0.293 e. The number of aromatic nitrogens is 1. The van der Waals surface area contributed by atoms with E-state index in [9.17, 15) is 14.9 Å². The third-order valence-corrected chi connectivity index (χ3v) is 6.85. The molecule has 4 rings (SSSR count). The Morgan fingerprint density at radius 3 is 2.53 bits per heavy atom. The van der Waals surface area contributed by atoms with Gasteiger partial charge in [0.15, 0.2) is 4.80 Å². The Kier molecular flexibility index (Phi) is 6.84. The second-order valence-corrected chi connectivity index (χ2v) is 8.73. The lowest BCUT2D eigenvalue weighted by Gasteiger charge is -2.28. The average Bonchev–Trinajstić information content (AvgIpc) is 3.21. The van der Waals surface area contributed by atoms with E-state index in [-0.39, 0.29) is 17.8 Å². The molecule has 1 aliphatic rings. The number of thiazole rings is 1. The van der Waals surface area contributed by atoms with Gasteiger partial charge in [0.25, 0.3) is 11.6 Å². The van der Waals surface area contributed by atoms with Crippen molar-refractivity contribution >= 4 is 38.8 Å². The number of amides is 1. The predicted octanol–water partition coefficient (Wildman–Crippen LogP) is 3.99. The first-order valence-corrected chi connectivity index (χ1v) is 11.6. The molecule has 0 radical (unpaired) electrons. The molecule has 176 valence electrons. The Morgan fingerprint density at radius 2 is 1.88 bits per heavy atom. The first kappa shape index (κ1) is 23.3. The summed E-state index contributed by atoms with van der Waals surface area (Å²) in [6.45, 7) is 1.68. The lowest BCUT2D eigenvalue weighted by molar-refractivity contribution is -0.384. The van der Waals surface area contributed by atoms with Gasteiger partial charge in [0.2, 0.25) is 0 Å². The van der Waals surface area contributed by atoms with Gasteiger partial charge in [-0.25, -0.2) is 0 Å². The number of benzene rings is 2. The van der Waals surface area contributed by atoms with Crippen LogP contribution in [-0.4, -0.2) is 42.7 Å². The lowest BCUT2D eigenvalue weighted by atomic mass is 10.1. The van der Waals surface area contributed by atoms with Crippen LogP contribution in [0.3, 0.4) is 0 Å². The number of anilines is 1. The number of nitrogens with zero attached hydrogens (tertiary/aromatic N) is 4. The largest absolute Gasteiger partial charge is 0.495 e. The quantitative estimate of drug-likeness (QED) is 0.301. The monoisotopic (exact) mass is 480 g/mol. The van der Waals surface area contributed by atoms with Gasteiger partial charge in [0.1, 0.15) is 27.4 Å². The Morgan fingerprint density at radius 1 is 1.18 bits per heavy atom. The van der Waals surface area contributed by atoms with E-state index < -0.39 is 10.8 Å². The predicted molar refractivity (Wildman–Crippen MR) is 131 cm³/mol. The summed E-state index contributed by atoms with van der Waals surface area (Å²) in [6.07, 6.45) is 8.67. The molecule has 1 saturated heterocycles. The summed E-state index contributed by atoms with van der Waals surface area (Å²) in [5, 5.41) is 11.8. The van der Waals surface area contributed by atoms with Crippen LogP contribution in [-0.2, 0) is 6.54 Å². The zero-order chi connectivity index (χ0) is 24.2. The smallest absolute Gasteiger partial charge is 0.293 e. The molecule has 0 atom stereocenters. The molecule has 2 aromatic carbocycles. The summed E-state index contributed by atoms with van der Waals surface area (Å²) >= 11 is 1.24. The Bertz CT molecular complexity index is 1360. The van der Waals surface area contributed by atoms with Crippen LogP contribution in [0.4, 0.5) is 11.4 Å². The summed E-state index contributed by atoms with van der Waals surface area (Å²) in [5.41, 5.74) is 1.23. The van der Waals surface area contributed by atoms with Crippen LogP contribution >= 0.6 is 11.3 Å². The van der Waals surface area contributed by atoms with Crippen molar-refractivity contribution in [3.63, 3.8) is 0 Å². The van der Waals surface area contributed by atoms with Crippen molar-refractivity contribution in [1.82, 2.24) is 4.57 Å². The summed E-state index contributed by atoms with van der Waals surface area (Å²) in [6, 6.07) is 8.05. The minimum Gasteiger partial charge on any atom is -0.495 e. The summed E-state index contributed by atoms with van der Waals surface area (Å²) in [5.74, 6) is 3.15. The summed E-state index contributed by atoms with van der Waals surface area (Å²) in [4.78, 5) is 31.1. The van der Waals surface area contributed by atoms with Gasteiger partial charge < -0.3 is 18.9 Å². The fourth-order valence-electron chi connectivity index (χ4n) is 4.13. The molecule has 1 fully saturated rings. The van der Waals surface area contributed by atoms with Gasteiger partial charge in [0.05, 0.1) is 25.7 Å². The molecule has 0 spiro atoms. The number of methoxy groups -OCH3 is 2. The third-order valence-electron chi connectivity index (χ3n) is 5.75. The van der Waals surface area contributed by atoms with Gasteiger partial charge in [-0.3, -0.25) is 14.9 Å². The number of hydrogen-bond donors (Lipinski definition) is 0. The molecule has 2 heterocycles. The molecule has 0 N–H and O–H groups in total. The molecule has 1 aliphatic heterocycles. The number of carbonyl (C=O) groups is 1. The molecule has 0 bridgehead atoms. The lowest BCUT2D eigenvalue weighted by Crippen LogP contribution is -2.30. The highest BCUT2D eigenvalue weighted by Gasteiger charge is 2.23. The van der Waals surface area contributed by atoms with Gasteiger partial charge in [-0.05, 0) is 43.5 Å². The van der Waals surface area contributed by atoms with Gasteiger partial charge in [-0.15, -0.1) is 6.42 Å². The second-order valence-electron chi connectivity index (χ2n) is 7.75. The van der Waals surface area contributed by atoms with Crippen molar-refractivity contribution in [2.45, 2.75) is 25.8 Å². The highest BCUT2D eigenvalue weighted by molar-refractivity contribution is 7.16. The number of ether oxygens (including phenoxy) is 2. The number of rotatable bonds is 6. The van der Waals surface area contributed by atoms with Crippen molar-refractivity contribution < 1.29 is 19.2 Å². The minimum absolute atomic E-state index is 0.0980. The first-order valence-electron chi connectivity index (χ1n) is 10.8. The number of nitro benzene ring substituents is 1. The van der Waals surface area contributed by atoms with E-state index in [0.29, 0.717) is 27.5 Å². The number of carbonyl (C=O) groups excluding carboxylic acids is 1. The topological polar surface area (TPSA) is 99.2 Å². The molecule has 0 aliphatic carbocycles. The third kappa shape index (κ3) is 4.34. The molecule has 10 heteroatoms. The molecule has 1 amide bonds. The fourth-order valence-corrected chi connectivity index (χ4v) is 5.27. The standard InChI is InChI=1S/C24H24N4O5S/c1-4-12-27-21-19(32-2)10-11-20(33-3)22(21)34-24(27)25-23(29)16-8-9-17(18(15-16)28(30)31)26-13-6-5-7-14-26/h1,8-11,15H,5-7,12-14H2,2-3H3. The Hall–Kier alpha value is -3.84. The zero-order valence-electron chi connectivity index (χ0n) is 18.9. The number of fused-ring (bicyclic) bond motifs is 1. The van der Waals surface area contributed by atoms with Crippen molar-refractivity contribution in [2.24, 2.45) is 4.99 Å². The maximum absolute atomic E-state index is 13.1. The number of piperidine rings is 1. The number of nitro groups is 1. The van der Waals surface area contributed by atoms with E-state index in [4.69, 9.17) is 15.9 Å². The Labute approximate surface area is 200 Å². The normalized spacial score (nSPS) is 14.1. The van der Waals surface area contributed by atoms with Crippen LogP contribution in [0.15, 0.2) is 35.3 Å². The van der Waals surface area contributed by atoms with Crippen molar-refractivity contribution in [1.29, 1.82) is 0 Å². The highest BCUT2D eigenvalue weighted by atomic mass is 32.1. The van der Waals surface area contributed by atoms with Crippen LogP contribution in [0.1, 0.15) is 29.6 Å². The molecule has 0 unspecified atom stereocenters. The van der Waals surface area contributed by atoms with Crippen LogP contribution < -0.4 is 19.2 Å². The van der Waals surface area contributed by atoms with Gasteiger partial charge in [-0.2, -0.15) is 4.99 Å². The van der Waals surface area contributed by atoms with Crippen LogP contribution in [0.2, 0.25) is 0 Å². The summed E-state index contributed by atoms with van der Waals surface area (Å²) in [7, 11) is 3.10. The number of terminal acetylenes is 1. The van der Waals surface area contributed by atoms with E-state index in [2.05, 4.69) is 10.9 Å². The van der Waals surface area contributed by atoms with Crippen LogP contribution in [0, 0.1) is 22.5 Å². The molecule has 1 aromatic heterocycles. The van der Waals surface area contributed by atoms with E-state index in [1.54, 1.807) is 43.1 Å². The van der Waals surface area contributed by atoms with E-state index >= 15 is 0 Å². The van der Waals surface area contributed by atoms with Crippen LogP contribution in [0.25, 0.3) is 10.2 Å². The molecule has 3 aromatic rings. The SMILES string of the molecule is C#CCn1c(=NC(=O)c2ccc(N3CCCCC3)c([N+](=O)[O-])c2)sc2c(OC)ccc(OC)c21. The maximum atomic E-state index is 13.1. The zero-order valence-corrected chi connectivity index (χ0v) is 19.8. The van der Waals surface area contributed by atoms with Crippen LogP contribution in [0.5, 0.6) is 11.5 Å². The van der Waals surface area contributed by atoms with Crippen molar-refractivity contribution in [3.8, 4) is 23.8 Å². The number of hydrogen-bond acceptors (Lipinski definition) is 7. The van der Waals surface area contributed by atoms with Gasteiger partial charge in [-0.1, -0.05) is 17.3 Å². The van der Waals surface area contributed by atoms with E-state index in [1.807, 2.05) is 4.90 Å². The molecule has 34 heavy (non-hydrogen) atoms. The highest BCUT2D eigenvalue weighted by Crippen LogP contribution is 2.35. The van der Waals surface area contributed by atoms with Crippen molar-refractivity contribution in [3.05, 3.63) is 50.8 Å². The first-order chi connectivity index (χ1) is 16.5. The summed E-state index contributed by atoms with van der Waals surface area (Å²) < 4.78 is 13.4. The van der Waals surface area contributed by atoms with Gasteiger partial charge >= 0.3 is 0 Å². The van der Waals surface area contributed by atoms with Crippen molar-refractivity contribution in [2.75, 3.05) is 32.2 Å². The minimum atomic E-state index is -0.594. The Balaban J connectivity index is 1.82.